The Labute approximate surface area is 83.7 Å². The summed E-state index contributed by atoms with van der Waals surface area (Å²) >= 11 is 1.15. The zero-order chi connectivity index (χ0) is 10.6. The van der Waals surface area contributed by atoms with Gasteiger partial charge in [0.05, 0.1) is 0 Å². The molecule has 1 amide bonds. The third kappa shape index (κ3) is 4.31. The third-order valence-corrected chi connectivity index (χ3v) is 2.29. The Morgan fingerprint density at radius 2 is 1.77 bits per heavy atom. The molecule has 4 heteroatoms. The summed E-state index contributed by atoms with van der Waals surface area (Å²) in [6.07, 6.45) is 1.73. The van der Waals surface area contributed by atoms with Crippen molar-refractivity contribution in [3.8, 4) is 0 Å². The number of hydrogen-bond donors (Lipinski definition) is 1. The predicted octanol–water partition coefficient (Wildman–Crippen LogP) is 1.43. The maximum Gasteiger partial charge on any atom is 0.217 e. The first kappa shape index (κ1) is 12.5. The molecule has 0 bridgehead atoms. The van der Waals surface area contributed by atoms with E-state index >= 15 is 0 Å². The molecule has 0 aromatic carbocycles. The standard InChI is InChI=1S/C9H17NO2S/c1-6(11)10-7(8(12)13-5)9(2,3)4/h7H,1-5H3,(H,10,11)/t7-/m1/s1. The van der Waals surface area contributed by atoms with Gasteiger partial charge in [0.25, 0.3) is 0 Å². The molecule has 0 radical (unpaired) electrons. The van der Waals surface area contributed by atoms with Crippen LogP contribution in [0.4, 0.5) is 0 Å². The number of hydrogen-bond acceptors (Lipinski definition) is 3. The lowest BCUT2D eigenvalue weighted by Gasteiger charge is -2.28. The van der Waals surface area contributed by atoms with Crippen molar-refractivity contribution in [2.45, 2.75) is 33.7 Å². The van der Waals surface area contributed by atoms with E-state index in [0.717, 1.165) is 11.8 Å². The van der Waals surface area contributed by atoms with Crippen molar-refractivity contribution in [3.63, 3.8) is 0 Å². The summed E-state index contributed by atoms with van der Waals surface area (Å²) in [6, 6.07) is -0.403. The fourth-order valence-electron chi connectivity index (χ4n) is 0.950. The minimum atomic E-state index is -0.403. The largest absolute Gasteiger partial charge is 0.345 e. The van der Waals surface area contributed by atoms with Gasteiger partial charge in [-0.2, -0.15) is 0 Å². The van der Waals surface area contributed by atoms with Gasteiger partial charge < -0.3 is 5.32 Å². The van der Waals surface area contributed by atoms with Gasteiger partial charge in [0, 0.05) is 6.92 Å². The van der Waals surface area contributed by atoms with E-state index in [1.807, 2.05) is 20.8 Å². The predicted molar refractivity (Wildman–Crippen MR) is 55.6 cm³/mol. The summed E-state index contributed by atoms with van der Waals surface area (Å²) in [5, 5.41) is 2.66. The number of thioether (sulfide) groups is 1. The summed E-state index contributed by atoms with van der Waals surface area (Å²) in [4.78, 5) is 22.3. The first-order valence-corrected chi connectivity index (χ1v) is 5.36. The van der Waals surface area contributed by atoms with E-state index in [1.165, 1.54) is 6.92 Å². The van der Waals surface area contributed by atoms with Gasteiger partial charge in [-0.05, 0) is 11.7 Å². The highest BCUT2D eigenvalue weighted by Crippen LogP contribution is 2.22. The number of rotatable bonds is 2. The van der Waals surface area contributed by atoms with Crippen LogP contribution in [0.3, 0.4) is 0 Å². The average molecular weight is 203 g/mol. The number of amides is 1. The van der Waals surface area contributed by atoms with Crippen LogP contribution in [-0.2, 0) is 9.59 Å². The lowest BCUT2D eigenvalue weighted by atomic mass is 9.87. The fourth-order valence-corrected chi connectivity index (χ4v) is 1.60. The Morgan fingerprint density at radius 1 is 1.31 bits per heavy atom. The van der Waals surface area contributed by atoms with Crippen molar-refractivity contribution in [2.24, 2.45) is 5.41 Å². The molecule has 0 rings (SSSR count). The molecular formula is C9H17NO2S. The maximum absolute atomic E-state index is 11.4. The Hall–Kier alpha value is -0.510. The molecule has 3 nitrogen and oxygen atoms in total. The second kappa shape index (κ2) is 4.65. The maximum atomic E-state index is 11.4. The van der Waals surface area contributed by atoms with Gasteiger partial charge in [-0.25, -0.2) is 0 Å². The van der Waals surface area contributed by atoms with Gasteiger partial charge in [0.2, 0.25) is 11.0 Å². The van der Waals surface area contributed by atoms with Crippen LogP contribution in [0.1, 0.15) is 27.7 Å². The van der Waals surface area contributed by atoms with E-state index in [2.05, 4.69) is 5.32 Å². The summed E-state index contributed by atoms with van der Waals surface area (Å²) in [5.41, 5.74) is -0.230. The zero-order valence-electron chi connectivity index (χ0n) is 8.80. The summed E-state index contributed by atoms with van der Waals surface area (Å²) in [7, 11) is 0. The number of carbonyl (C=O) groups excluding carboxylic acids is 2. The summed E-state index contributed by atoms with van der Waals surface area (Å²) < 4.78 is 0. The quantitative estimate of drug-likeness (QED) is 0.738. The minimum absolute atomic E-state index is 0.00250. The van der Waals surface area contributed by atoms with Crippen molar-refractivity contribution in [3.05, 3.63) is 0 Å². The normalized spacial score (nSPS) is 13.6. The SMILES string of the molecule is CSC(=O)[C@@H](NC(C)=O)C(C)(C)C. The summed E-state index contributed by atoms with van der Waals surface area (Å²) in [5.74, 6) is -0.165. The van der Waals surface area contributed by atoms with Crippen molar-refractivity contribution >= 4 is 22.8 Å². The molecule has 0 saturated heterocycles. The highest BCUT2D eigenvalue weighted by atomic mass is 32.2. The molecule has 0 aliphatic rings. The molecule has 76 valence electrons. The van der Waals surface area contributed by atoms with Gasteiger partial charge in [-0.3, -0.25) is 9.59 Å². The smallest absolute Gasteiger partial charge is 0.217 e. The molecule has 0 spiro atoms. The van der Waals surface area contributed by atoms with Gasteiger partial charge in [-0.1, -0.05) is 32.5 Å². The second-order valence-electron chi connectivity index (χ2n) is 4.02. The molecule has 1 N–H and O–H groups in total. The van der Waals surface area contributed by atoms with E-state index in [1.54, 1.807) is 6.26 Å². The van der Waals surface area contributed by atoms with Crippen LogP contribution >= 0.6 is 11.8 Å². The van der Waals surface area contributed by atoms with E-state index in [0.29, 0.717) is 0 Å². The van der Waals surface area contributed by atoms with Crippen LogP contribution in [0.15, 0.2) is 0 Å². The first-order chi connectivity index (χ1) is 5.79. The van der Waals surface area contributed by atoms with Crippen LogP contribution in [0.25, 0.3) is 0 Å². The number of nitrogens with one attached hydrogen (secondary N) is 1. The minimum Gasteiger partial charge on any atom is -0.345 e. The molecule has 1 atom stereocenters. The fraction of sp³-hybridized carbons (Fsp3) is 0.778. The van der Waals surface area contributed by atoms with Gasteiger partial charge in [-0.15, -0.1) is 0 Å². The van der Waals surface area contributed by atoms with E-state index < -0.39 is 6.04 Å². The first-order valence-electron chi connectivity index (χ1n) is 4.14. The van der Waals surface area contributed by atoms with Crippen molar-refractivity contribution in [2.75, 3.05) is 6.26 Å². The van der Waals surface area contributed by atoms with Gasteiger partial charge in [0.1, 0.15) is 6.04 Å². The monoisotopic (exact) mass is 203 g/mol. The van der Waals surface area contributed by atoms with E-state index in [-0.39, 0.29) is 16.4 Å². The Kier molecular flexibility index (Phi) is 4.47. The molecule has 0 fully saturated rings. The lowest BCUT2D eigenvalue weighted by molar-refractivity contribution is -0.124. The molecular weight excluding hydrogens is 186 g/mol. The Balaban J connectivity index is 4.56. The van der Waals surface area contributed by atoms with Crippen molar-refractivity contribution in [1.29, 1.82) is 0 Å². The molecule has 0 aromatic heterocycles. The van der Waals surface area contributed by atoms with Gasteiger partial charge in [0.15, 0.2) is 0 Å². The number of carbonyl (C=O) groups is 2. The van der Waals surface area contributed by atoms with Crippen molar-refractivity contribution in [1.82, 2.24) is 5.32 Å². The molecule has 0 aliphatic carbocycles. The second-order valence-corrected chi connectivity index (χ2v) is 4.83. The molecule has 0 heterocycles. The van der Waals surface area contributed by atoms with Crippen LogP contribution < -0.4 is 5.32 Å². The molecule has 0 unspecified atom stereocenters. The third-order valence-electron chi connectivity index (χ3n) is 1.65. The van der Waals surface area contributed by atoms with Crippen molar-refractivity contribution < 1.29 is 9.59 Å². The highest BCUT2D eigenvalue weighted by molar-refractivity contribution is 8.13. The lowest BCUT2D eigenvalue weighted by Crippen LogP contribution is -2.47. The van der Waals surface area contributed by atoms with Crippen LogP contribution in [0.5, 0.6) is 0 Å². The Morgan fingerprint density at radius 3 is 2.00 bits per heavy atom. The zero-order valence-corrected chi connectivity index (χ0v) is 9.62. The van der Waals surface area contributed by atoms with E-state index in [9.17, 15) is 9.59 Å². The van der Waals surface area contributed by atoms with Gasteiger partial charge >= 0.3 is 0 Å². The molecule has 0 aromatic rings. The summed E-state index contributed by atoms with van der Waals surface area (Å²) in [6.45, 7) is 7.22. The Bertz CT molecular complexity index is 208. The topological polar surface area (TPSA) is 46.2 Å². The molecule has 13 heavy (non-hydrogen) atoms. The van der Waals surface area contributed by atoms with Crippen LogP contribution in [-0.4, -0.2) is 23.3 Å². The average Bonchev–Trinajstić information content (AvgIpc) is 1.96. The van der Waals surface area contributed by atoms with Crippen LogP contribution in [0, 0.1) is 5.41 Å². The molecule has 0 saturated carbocycles. The molecule has 0 aliphatic heterocycles. The van der Waals surface area contributed by atoms with E-state index in [4.69, 9.17) is 0 Å². The highest BCUT2D eigenvalue weighted by Gasteiger charge is 2.31. The van der Waals surface area contributed by atoms with Crippen LogP contribution in [0.2, 0.25) is 0 Å².